The SMILES string of the molecule is COC(=O)c1ccc2c(c1)[C@@H]1C[C@@H](O)[C@H]2C1. The Morgan fingerprint density at radius 2 is 2.19 bits per heavy atom. The summed E-state index contributed by atoms with van der Waals surface area (Å²) < 4.78 is 4.71. The van der Waals surface area contributed by atoms with E-state index >= 15 is 0 Å². The number of rotatable bonds is 1. The van der Waals surface area contributed by atoms with Gasteiger partial charge in [-0.05, 0) is 42.0 Å². The molecule has 1 aromatic rings. The van der Waals surface area contributed by atoms with Crippen LogP contribution in [0.3, 0.4) is 0 Å². The molecule has 0 unspecified atom stereocenters. The number of esters is 1. The third-order valence-electron chi connectivity index (χ3n) is 3.88. The Balaban J connectivity index is 2.03. The highest BCUT2D eigenvalue weighted by atomic mass is 16.5. The molecule has 0 saturated heterocycles. The van der Waals surface area contributed by atoms with E-state index in [0.717, 1.165) is 12.8 Å². The Morgan fingerprint density at radius 3 is 2.94 bits per heavy atom. The average Bonchev–Trinajstić information content (AvgIpc) is 2.85. The van der Waals surface area contributed by atoms with E-state index in [1.54, 1.807) is 6.07 Å². The van der Waals surface area contributed by atoms with Gasteiger partial charge in [-0.2, -0.15) is 0 Å². The fraction of sp³-hybridized carbons (Fsp3) is 0.462. The van der Waals surface area contributed by atoms with E-state index in [4.69, 9.17) is 4.74 Å². The minimum atomic E-state index is -0.286. The van der Waals surface area contributed by atoms with Crippen LogP contribution >= 0.6 is 0 Å². The van der Waals surface area contributed by atoms with Crippen molar-refractivity contribution in [3.63, 3.8) is 0 Å². The van der Waals surface area contributed by atoms with Crippen molar-refractivity contribution < 1.29 is 14.6 Å². The normalized spacial score (nSPS) is 30.2. The molecule has 0 heterocycles. The molecule has 1 aromatic carbocycles. The number of carbonyl (C=O) groups excluding carboxylic acids is 1. The van der Waals surface area contributed by atoms with Crippen LogP contribution in [-0.4, -0.2) is 24.3 Å². The van der Waals surface area contributed by atoms with Crippen LogP contribution in [0.25, 0.3) is 0 Å². The van der Waals surface area contributed by atoms with Crippen molar-refractivity contribution in [3.8, 4) is 0 Å². The number of benzene rings is 1. The van der Waals surface area contributed by atoms with E-state index < -0.39 is 0 Å². The summed E-state index contributed by atoms with van der Waals surface area (Å²) in [5, 5.41) is 9.80. The van der Waals surface area contributed by atoms with Gasteiger partial charge in [0, 0.05) is 5.92 Å². The maximum Gasteiger partial charge on any atom is 0.337 e. The van der Waals surface area contributed by atoms with Gasteiger partial charge in [0.25, 0.3) is 0 Å². The fourth-order valence-electron chi connectivity index (χ4n) is 3.11. The van der Waals surface area contributed by atoms with Crippen LogP contribution in [0.1, 0.15) is 46.2 Å². The molecule has 84 valence electrons. The van der Waals surface area contributed by atoms with Crippen molar-refractivity contribution in [2.75, 3.05) is 7.11 Å². The Bertz CT molecular complexity index is 452. The van der Waals surface area contributed by atoms with Crippen LogP contribution in [0, 0.1) is 0 Å². The van der Waals surface area contributed by atoms with Gasteiger partial charge in [-0.1, -0.05) is 6.07 Å². The van der Waals surface area contributed by atoms with Crippen LogP contribution in [0.5, 0.6) is 0 Å². The Labute approximate surface area is 94.0 Å². The largest absolute Gasteiger partial charge is 0.465 e. The van der Waals surface area contributed by atoms with Gasteiger partial charge in [0.15, 0.2) is 0 Å². The molecule has 0 radical (unpaired) electrons. The van der Waals surface area contributed by atoms with Crippen molar-refractivity contribution in [2.45, 2.75) is 30.8 Å². The predicted octanol–water partition coefficient (Wildman–Crippen LogP) is 1.81. The Morgan fingerprint density at radius 1 is 1.38 bits per heavy atom. The van der Waals surface area contributed by atoms with Gasteiger partial charge in [0.2, 0.25) is 0 Å². The maximum absolute atomic E-state index is 11.4. The lowest BCUT2D eigenvalue weighted by Crippen LogP contribution is -2.15. The lowest BCUT2D eigenvalue weighted by atomic mass is 9.89. The molecule has 0 amide bonds. The topological polar surface area (TPSA) is 46.5 Å². The second-order valence-electron chi connectivity index (χ2n) is 4.68. The van der Waals surface area contributed by atoms with Crippen molar-refractivity contribution in [3.05, 3.63) is 34.9 Å². The molecule has 3 heteroatoms. The summed E-state index contributed by atoms with van der Waals surface area (Å²) in [5.74, 6) is 0.428. The molecule has 1 N–H and O–H groups in total. The van der Waals surface area contributed by atoms with E-state index in [-0.39, 0.29) is 18.0 Å². The van der Waals surface area contributed by atoms with Gasteiger partial charge in [-0.3, -0.25) is 0 Å². The van der Waals surface area contributed by atoms with Crippen molar-refractivity contribution in [1.82, 2.24) is 0 Å². The molecule has 0 spiro atoms. The van der Waals surface area contributed by atoms with Crippen LogP contribution in [0.4, 0.5) is 0 Å². The number of methoxy groups -OCH3 is 1. The third kappa shape index (κ3) is 1.21. The molecule has 1 saturated carbocycles. The lowest BCUT2D eigenvalue weighted by Gasteiger charge is -2.20. The molecule has 2 aliphatic rings. The summed E-state index contributed by atoms with van der Waals surface area (Å²) in [7, 11) is 1.39. The maximum atomic E-state index is 11.4. The monoisotopic (exact) mass is 218 g/mol. The molecule has 3 nitrogen and oxygen atoms in total. The number of hydrogen-bond acceptors (Lipinski definition) is 3. The van der Waals surface area contributed by atoms with Crippen LogP contribution in [0.2, 0.25) is 0 Å². The summed E-state index contributed by atoms with van der Waals surface area (Å²) in [6.45, 7) is 0. The first-order valence-corrected chi connectivity index (χ1v) is 5.61. The lowest BCUT2D eigenvalue weighted by molar-refractivity contribution is 0.0600. The highest BCUT2D eigenvalue weighted by molar-refractivity contribution is 5.89. The van der Waals surface area contributed by atoms with E-state index in [1.807, 2.05) is 12.1 Å². The predicted molar refractivity (Wildman–Crippen MR) is 58.5 cm³/mol. The summed E-state index contributed by atoms with van der Waals surface area (Å²) in [6, 6.07) is 5.68. The smallest absolute Gasteiger partial charge is 0.337 e. The quantitative estimate of drug-likeness (QED) is 0.731. The number of hydrogen-bond donors (Lipinski definition) is 1. The van der Waals surface area contributed by atoms with Gasteiger partial charge < -0.3 is 9.84 Å². The number of ether oxygens (including phenoxy) is 1. The molecular weight excluding hydrogens is 204 g/mol. The minimum Gasteiger partial charge on any atom is -0.465 e. The van der Waals surface area contributed by atoms with E-state index in [9.17, 15) is 9.90 Å². The highest BCUT2D eigenvalue weighted by Gasteiger charge is 2.43. The van der Waals surface area contributed by atoms with Crippen LogP contribution in [-0.2, 0) is 4.74 Å². The molecule has 2 aliphatic carbocycles. The van der Waals surface area contributed by atoms with Crippen molar-refractivity contribution in [2.24, 2.45) is 0 Å². The summed E-state index contributed by atoms with van der Waals surface area (Å²) >= 11 is 0. The number of aliphatic hydroxyl groups excluding tert-OH is 1. The molecule has 3 rings (SSSR count). The average molecular weight is 218 g/mol. The second kappa shape index (κ2) is 3.32. The molecule has 16 heavy (non-hydrogen) atoms. The number of aliphatic hydroxyl groups is 1. The Kier molecular flexibility index (Phi) is 2.04. The van der Waals surface area contributed by atoms with Gasteiger partial charge >= 0.3 is 5.97 Å². The third-order valence-corrected chi connectivity index (χ3v) is 3.88. The molecule has 0 aromatic heterocycles. The second-order valence-corrected chi connectivity index (χ2v) is 4.68. The minimum absolute atomic E-state index is 0.193. The van der Waals surface area contributed by atoms with E-state index in [0.29, 0.717) is 11.5 Å². The zero-order valence-electron chi connectivity index (χ0n) is 9.14. The molecule has 1 fully saturated rings. The van der Waals surface area contributed by atoms with Gasteiger partial charge in [0.1, 0.15) is 0 Å². The van der Waals surface area contributed by atoms with Gasteiger partial charge in [-0.25, -0.2) is 4.79 Å². The van der Waals surface area contributed by atoms with Crippen LogP contribution in [0.15, 0.2) is 18.2 Å². The Hall–Kier alpha value is -1.35. The standard InChI is InChI=1S/C13H14O3/c1-16-13(15)7-2-3-9-10(4-7)8-5-11(9)12(14)6-8/h2-4,8,11-12,14H,5-6H2,1H3/t8-,11-,12+/m0/s1. The first kappa shape index (κ1) is 9.85. The van der Waals surface area contributed by atoms with Crippen molar-refractivity contribution in [1.29, 1.82) is 0 Å². The zero-order chi connectivity index (χ0) is 11.3. The van der Waals surface area contributed by atoms with E-state index in [1.165, 1.54) is 18.2 Å². The van der Waals surface area contributed by atoms with Crippen LogP contribution < -0.4 is 0 Å². The summed E-state index contributed by atoms with van der Waals surface area (Å²) in [4.78, 5) is 11.4. The first-order valence-electron chi connectivity index (χ1n) is 5.61. The number of fused-ring (bicyclic) bond motifs is 5. The highest BCUT2D eigenvalue weighted by Crippen LogP contribution is 2.53. The van der Waals surface area contributed by atoms with E-state index in [2.05, 4.69) is 0 Å². The first-order chi connectivity index (χ1) is 7.70. The zero-order valence-corrected chi connectivity index (χ0v) is 9.14. The molecule has 2 bridgehead atoms. The van der Waals surface area contributed by atoms with Gasteiger partial charge in [0.05, 0.1) is 18.8 Å². The van der Waals surface area contributed by atoms with Gasteiger partial charge in [-0.15, -0.1) is 0 Å². The van der Waals surface area contributed by atoms with Crippen molar-refractivity contribution >= 4 is 5.97 Å². The summed E-state index contributed by atoms with van der Waals surface area (Å²) in [6.07, 6.45) is 1.67. The summed E-state index contributed by atoms with van der Waals surface area (Å²) in [5.41, 5.74) is 3.07. The number of carbonyl (C=O) groups is 1. The molecular formula is C13H14O3. The molecule has 0 aliphatic heterocycles. The fourth-order valence-corrected chi connectivity index (χ4v) is 3.11. The molecule has 3 atom stereocenters.